The van der Waals surface area contributed by atoms with Crippen molar-refractivity contribution in [3.8, 4) is 0 Å². The normalized spacial score (nSPS) is 22.1. The second-order valence-corrected chi connectivity index (χ2v) is 5.80. The Hall–Kier alpha value is -0.870. The molecule has 17 heavy (non-hydrogen) atoms. The van der Waals surface area contributed by atoms with Crippen LogP contribution in [0.2, 0.25) is 0 Å². The monoisotopic (exact) mass is 293 g/mol. The van der Waals surface area contributed by atoms with Gasteiger partial charge in [0.25, 0.3) is 0 Å². The summed E-state index contributed by atoms with van der Waals surface area (Å²) in [6.07, 6.45) is 6.77. The summed E-state index contributed by atoms with van der Waals surface area (Å²) in [5.74, 6) is 0.590. The lowest BCUT2D eigenvalue weighted by Gasteiger charge is -2.28. The van der Waals surface area contributed by atoms with Gasteiger partial charge in [0.05, 0.1) is 5.69 Å². The number of fused-ring (bicyclic) bond motifs is 1. The van der Waals surface area contributed by atoms with Crippen LogP contribution in [0.4, 0.5) is 0 Å². The molecule has 1 fully saturated rings. The second kappa shape index (κ2) is 4.42. The lowest BCUT2D eigenvalue weighted by molar-refractivity contribution is 0.249. The molecule has 3 nitrogen and oxygen atoms in total. The van der Waals surface area contributed by atoms with Gasteiger partial charge >= 0.3 is 0 Å². The summed E-state index contributed by atoms with van der Waals surface area (Å²) < 4.78 is 3.20. The lowest BCUT2D eigenvalue weighted by Crippen LogP contribution is -2.30. The predicted octanol–water partition coefficient (Wildman–Crippen LogP) is 2.91. The van der Waals surface area contributed by atoms with Gasteiger partial charge in [-0.1, -0.05) is 0 Å². The molecule has 0 N–H and O–H groups in total. The summed E-state index contributed by atoms with van der Waals surface area (Å²) >= 11 is 3.49. The van der Waals surface area contributed by atoms with Crippen LogP contribution in [0.1, 0.15) is 24.5 Å². The van der Waals surface area contributed by atoms with Gasteiger partial charge in [-0.2, -0.15) is 0 Å². The zero-order chi connectivity index (χ0) is 11.8. The van der Waals surface area contributed by atoms with E-state index in [0.29, 0.717) is 5.92 Å². The van der Waals surface area contributed by atoms with Crippen molar-refractivity contribution in [1.82, 2.24) is 14.3 Å². The van der Waals surface area contributed by atoms with Crippen LogP contribution in [-0.2, 0) is 0 Å². The van der Waals surface area contributed by atoms with Crippen LogP contribution in [0.15, 0.2) is 29.0 Å². The first-order valence-corrected chi connectivity index (χ1v) is 6.84. The first-order valence-electron chi connectivity index (χ1n) is 6.05. The van der Waals surface area contributed by atoms with Crippen molar-refractivity contribution in [3.63, 3.8) is 0 Å². The lowest BCUT2D eigenvalue weighted by atomic mass is 9.96. The number of imidazole rings is 1. The Morgan fingerprint density at radius 2 is 2.24 bits per heavy atom. The number of likely N-dealkylation sites (N-methyl/N-ethyl adjacent to an activating group) is 1. The smallest absolute Gasteiger partial charge is 0.137 e. The predicted molar refractivity (Wildman–Crippen MR) is 72.4 cm³/mol. The van der Waals surface area contributed by atoms with Crippen molar-refractivity contribution in [2.45, 2.75) is 18.8 Å². The van der Waals surface area contributed by atoms with Gasteiger partial charge in [-0.15, -0.1) is 0 Å². The molecule has 3 rings (SSSR count). The van der Waals surface area contributed by atoms with E-state index in [9.17, 15) is 0 Å². The van der Waals surface area contributed by atoms with E-state index in [-0.39, 0.29) is 0 Å². The van der Waals surface area contributed by atoms with E-state index in [1.165, 1.54) is 25.1 Å². The SMILES string of the molecule is CN1CCCC(c2cn3cc(Br)ccc3n2)C1. The van der Waals surface area contributed by atoms with Crippen molar-refractivity contribution < 1.29 is 0 Å². The van der Waals surface area contributed by atoms with E-state index in [1.807, 2.05) is 6.07 Å². The number of aromatic nitrogens is 2. The second-order valence-electron chi connectivity index (χ2n) is 4.88. The number of hydrogen-bond donors (Lipinski definition) is 0. The molecule has 0 aromatic carbocycles. The summed E-state index contributed by atoms with van der Waals surface area (Å²) in [6.45, 7) is 2.35. The molecule has 0 radical (unpaired) electrons. The highest BCUT2D eigenvalue weighted by Gasteiger charge is 2.21. The molecule has 1 aliphatic rings. The van der Waals surface area contributed by atoms with Crippen LogP contribution >= 0.6 is 15.9 Å². The largest absolute Gasteiger partial charge is 0.306 e. The van der Waals surface area contributed by atoms with Crippen molar-refractivity contribution in [1.29, 1.82) is 0 Å². The number of nitrogens with zero attached hydrogens (tertiary/aromatic N) is 3. The minimum atomic E-state index is 0.590. The molecule has 90 valence electrons. The molecule has 3 heterocycles. The molecular weight excluding hydrogens is 278 g/mol. The van der Waals surface area contributed by atoms with Gasteiger partial charge in [0, 0.05) is 29.3 Å². The van der Waals surface area contributed by atoms with Crippen molar-refractivity contribution in [3.05, 3.63) is 34.7 Å². The first-order chi connectivity index (χ1) is 8.22. The highest BCUT2D eigenvalue weighted by molar-refractivity contribution is 9.10. The maximum absolute atomic E-state index is 4.73. The van der Waals surface area contributed by atoms with E-state index < -0.39 is 0 Å². The zero-order valence-electron chi connectivity index (χ0n) is 9.93. The molecule has 1 aliphatic heterocycles. The highest BCUT2D eigenvalue weighted by atomic mass is 79.9. The van der Waals surface area contributed by atoms with Crippen LogP contribution in [0.5, 0.6) is 0 Å². The number of piperidine rings is 1. The molecule has 2 aromatic rings. The molecule has 0 aliphatic carbocycles. The van der Waals surface area contributed by atoms with Crippen LogP contribution in [0.3, 0.4) is 0 Å². The average Bonchev–Trinajstić information content (AvgIpc) is 2.72. The quantitative estimate of drug-likeness (QED) is 0.806. The van der Waals surface area contributed by atoms with E-state index in [1.54, 1.807) is 0 Å². The highest BCUT2D eigenvalue weighted by Crippen LogP contribution is 2.26. The van der Waals surface area contributed by atoms with Crippen LogP contribution in [0.25, 0.3) is 5.65 Å². The standard InChI is InChI=1S/C13H16BrN3/c1-16-6-2-3-10(7-16)12-9-17-8-11(14)4-5-13(17)15-12/h4-5,8-10H,2-3,6-7H2,1H3. The molecule has 1 saturated heterocycles. The van der Waals surface area contributed by atoms with Crippen LogP contribution in [0, 0.1) is 0 Å². The first kappa shape index (κ1) is 11.2. The summed E-state index contributed by atoms with van der Waals surface area (Å²) in [5.41, 5.74) is 2.27. The minimum Gasteiger partial charge on any atom is -0.306 e. The van der Waals surface area contributed by atoms with Gasteiger partial charge in [-0.3, -0.25) is 0 Å². The van der Waals surface area contributed by atoms with Gasteiger partial charge in [0.15, 0.2) is 0 Å². The summed E-state index contributed by atoms with van der Waals surface area (Å²) in [4.78, 5) is 7.12. The van der Waals surface area contributed by atoms with Gasteiger partial charge in [-0.25, -0.2) is 4.98 Å². The van der Waals surface area contributed by atoms with Crippen LogP contribution in [-0.4, -0.2) is 34.4 Å². The Bertz CT molecular complexity index is 534. The average molecular weight is 294 g/mol. The third kappa shape index (κ3) is 2.24. The zero-order valence-corrected chi connectivity index (χ0v) is 11.5. The molecule has 0 amide bonds. The van der Waals surface area contributed by atoms with Crippen molar-refractivity contribution in [2.75, 3.05) is 20.1 Å². The van der Waals surface area contributed by atoms with Gasteiger partial charge < -0.3 is 9.30 Å². The molecule has 1 unspecified atom stereocenters. The molecule has 2 aromatic heterocycles. The molecule has 1 atom stereocenters. The summed E-state index contributed by atoms with van der Waals surface area (Å²) in [6, 6.07) is 4.10. The maximum Gasteiger partial charge on any atom is 0.137 e. The van der Waals surface area contributed by atoms with Gasteiger partial charge in [0.2, 0.25) is 0 Å². The third-order valence-electron chi connectivity index (χ3n) is 3.48. The fraction of sp³-hybridized carbons (Fsp3) is 0.462. The topological polar surface area (TPSA) is 20.5 Å². The van der Waals surface area contributed by atoms with Crippen LogP contribution < -0.4 is 0 Å². The fourth-order valence-electron chi connectivity index (χ4n) is 2.59. The summed E-state index contributed by atoms with van der Waals surface area (Å²) in [5, 5.41) is 0. The van der Waals surface area contributed by atoms with E-state index >= 15 is 0 Å². The fourth-order valence-corrected chi connectivity index (χ4v) is 2.94. The minimum absolute atomic E-state index is 0.590. The van der Waals surface area contributed by atoms with E-state index in [0.717, 1.165) is 16.7 Å². The number of likely N-dealkylation sites (tertiary alicyclic amines) is 1. The Labute approximate surface area is 110 Å². The van der Waals surface area contributed by atoms with Gasteiger partial charge in [0.1, 0.15) is 5.65 Å². The molecule has 0 saturated carbocycles. The molecule has 0 spiro atoms. The summed E-state index contributed by atoms with van der Waals surface area (Å²) in [7, 11) is 2.19. The molecule has 0 bridgehead atoms. The number of rotatable bonds is 1. The Kier molecular flexibility index (Phi) is 2.92. The number of pyridine rings is 1. The Morgan fingerprint density at radius 1 is 1.35 bits per heavy atom. The maximum atomic E-state index is 4.73. The molecular formula is C13H16BrN3. The Balaban J connectivity index is 1.94. The van der Waals surface area contributed by atoms with E-state index in [4.69, 9.17) is 4.98 Å². The molecule has 4 heteroatoms. The Morgan fingerprint density at radius 3 is 3.06 bits per heavy atom. The number of halogens is 1. The van der Waals surface area contributed by atoms with Gasteiger partial charge in [-0.05, 0) is 54.5 Å². The number of hydrogen-bond acceptors (Lipinski definition) is 2. The van der Waals surface area contributed by atoms with Crippen molar-refractivity contribution in [2.24, 2.45) is 0 Å². The van der Waals surface area contributed by atoms with E-state index in [2.05, 4.69) is 50.7 Å². The van der Waals surface area contributed by atoms with Crippen molar-refractivity contribution >= 4 is 21.6 Å². The third-order valence-corrected chi connectivity index (χ3v) is 3.95.